The molecule has 0 bridgehead atoms. The van der Waals surface area contributed by atoms with Crippen molar-refractivity contribution in [2.24, 2.45) is 5.92 Å². The lowest BCUT2D eigenvalue weighted by Crippen LogP contribution is -2.34. The molecule has 0 amide bonds. The molecule has 0 saturated heterocycles. The lowest BCUT2D eigenvalue weighted by Gasteiger charge is -2.32. The topological polar surface area (TPSA) is 91.1 Å². The average Bonchev–Trinajstić information content (AvgIpc) is 3.54. The van der Waals surface area contributed by atoms with Crippen LogP contribution >= 0.6 is 15.9 Å². The van der Waals surface area contributed by atoms with Gasteiger partial charge in [0.1, 0.15) is 13.5 Å². The number of pyridine rings is 1. The van der Waals surface area contributed by atoms with Gasteiger partial charge in [-0.25, -0.2) is 14.2 Å². The van der Waals surface area contributed by atoms with Crippen molar-refractivity contribution in [3.05, 3.63) is 65.0 Å². The molecule has 4 aromatic rings. The maximum absolute atomic E-state index is 15.1. The third-order valence-corrected chi connectivity index (χ3v) is 13.8. The number of rotatable bonds is 17. The zero-order valence-electron chi connectivity index (χ0n) is 31.8. The molecule has 1 aliphatic carbocycles. The van der Waals surface area contributed by atoms with E-state index in [1.54, 1.807) is 6.92 Å². The van der Waals surface area contributed by atoms with E-state index in [0.717, 1.165) is 50.5 Å². The molecule has 9 nitrogen and oxygen atoms in total. The number of ether oxygens (including phenoxy) is 3. The second-order valence-corrected chi connectivity index (χ2v) is 28.3. The van der Waals surface area contributed by atoms with E-state index in [2.05, 4.69) is 66.2 Å². The second-order valence-electron chi connectivity index (χ2n) is 16.2. The summed E-state index contributed by atoms with van der Waals surface area (Å²) in [6.07, 6.45) is 4.64. The van der Waals surface area contributed by atoms with Gasteiger partial charge in [0, 0.05) is 64.1 Å². The van der Waals surface area contributed by atoms with Gasteiger partial charge in [-0.15, -0.1) is 0 Å². The van der Waals surface area contributed by atoms with Crippen molar-refractivity contribution >= 4 is 49.5 Å². The maximum atomic E-state index is 15.1. The number of carbonyl (C=O) groups excluding carboxylic acids is 1. The molecule has 1 saturated carbocycles. The molecule has 3 aromatic heterocycles. The molecule has 5 rings (SSSR count). The molecular weight excluding hydrogens is 758 g/mol. The van der Waals surface area contributed by atoms with Gasteiger partial charge in [-0.3, -0.25) is 4.98 Å². The fourth-order valence-electron chi connectivity index (χ4n) is 6.42. The number of benzene rings is 1. The van der Waals surface area contributed by atoms with E-state index in [1.165, 1.54) is 0 Å². The minimum atomic E-state index is -1.61. The highest BCUT2D eigenvalue weighted by molar-refractivity contribution is 9.10. The highest BCUT2D eigenvalue weighted by atomic mass is 79.9. The first-order chi connectivity index (χ1) is 24.8. The maximum Gasteiger partial charge on any atom is 0.341 e. The summed E-state index contributed by atoms with van der Waals surface area (Å²) < 4.78 is 35.5. The van der Waals surface area contributed by atoms with Crippen molar-refractivity contribution in [2.45, 2.75) is 96.1 Å². The van der Waals surface area contributed by atoms with Crippen LogP contribution in [0.3, 0.4) is 0 Å². The first-order valence-corrected chi connectivity index (χ1v) is 26.8. The summed E-state index contributed by atoms with van der Waals surface area (Å²) in [4.78, 5) is 24.4. The minimum absolute atomic E-state index is 0.0487. The van der Waals surface area contributed by atoms with Crippen LogP contribution in [0.15, 0.2) is 59.3 Å². The Morgan fingerprint density at radius 1 is 0.923 bits per heavy atom. The van der Waals surface area contributed by atoms with E-state index < -0.39 is 28.3 Å². The summed E-state index contributed by atoms with van der Waals surface area (Å²) in [5, 5.41) is 4.91. The number of aromatic nitrogens is 4. The van der Waals surface area contributed by atoms with Crippen LogP contribution in [0.5, 0.6) is 0 Å². The highest BCUT2D eigenvalue weighted by Gasteiger charge is 2.36. The molecule has 0 N–H and O–H groups in total. The third kappa shape index (κ3) is 10.6. The number of nitrogens with zero attached hydrogens (tertiary/aromatic N) is 5. The Morgan fingerprint density at radius 2 is 1.56 bits per heavy atom. The van der Waals surface area contributed by atoms with Crippen LogP contribution in [0.25, 0.3) is 28.0 Å². The molecule has 0 aliphatic heterocycles. The van der Waals surface area contributed by atoms with Gasteiger partial charge in [-0.05, 0) is 66.7 Å². The van der Waals surface area contributed by atoms with Gasteiger partial charge in [0.2, 0.25) is 0 Å². The summed E-state index contributed by atoms with van der Waals surface area (Å²) in [5.74, 6) is -0.276. The van der Waals surface area contributed by atoms with Crippen LogP contribution < -0.4 is 4.90 Å². The Bertz CT molecular complexity index is 1740. The zero-order valence-corrected chi connectivity index (χ0v) is 35.4. The fourth-order valence-corrected chi connectivity index (χ4v) is 8.76. The number of hydrogen-bond acceptors (Lipinski definition) is 8. The molecule has 1 aromatic carbocycles. The molecule has 1 aliphatic rings. The highest BCUT2D eigenvalue weighted by Crippen LogP contribution is 2.43. The molecule has 1 unspecified atom stereocenters. The standard InChI is InChI=1S/C39H55BrFN5O4Si2/c1-8-50-39(47)35(41)29-14-16-30(17-15-29)36-34(40)38(45(26-48-20-22-51(2,3)4)27-49-21-23-52(5,6)7)46-37(44-36)32(25-43-46)31-18-19-33(42-24-31)28-12-10-9-11-13-28/h9-13,18-19,24-25,29-30,35H,8,14-17,20-23,26-27H2,1-7H3. The number of anilines is 1. The van der Waals surface area contributed by atoms with Crippen molar-refractivity contribution in [1.29, 1.82) is 0 Å². The van der Waals surface area contributed by atoms with Crippen LogP contribution in [0, 0.1) is 5.92 Å². The molecular formula is C39H55BrFN5O4Si2. The van der Waals surface area contributed by atoms with Crippen LogP contribution in [0.4, 0.5) is 10.2 Å². The molecule has 0 spiro atoms. The smallest absolute Gasteiger partial charge is 0.341 e. The van der Waals surface area contributed by atoms with E-state index in [1.807, 2.05) is 53.3 Å². The number of hydrogen-bond donors (Lipinski definition) is 0. The zero-order chi connectivity index (χ0) is 37.5. The van der Waals surface area contributed by atoms with Crippen LogP contribution in [-0.2, 0) is 19.0 Å². The van der Waals surface area contributed by atoms with Gasteiger partial charge >= 0.3 is 5.97 Å². The predicted octanol–water partition coefficient (Wildman–Crippen LogP) is 9.83. The molecule has 0 radical (unpaired) electrons. The normalized spacial score (nSPS) is 17.3. The largest absolute Gasteiger partial charge is 0.464 e. The number of fused-ring (bicyclic) bond motifs is 1. The minimum Gasteiger partial charge on any atom is -0.464 e. The summed E-state index contributed by atoms with van der Waals surface area (Å²) in [7, 11) is -2.60. The lowest BCUT2D eigenvalue weighted by atomic mass is 9.78. The average molecular weight is 813 g/mol. The molecule has 1 fully saturated rings. The van der Waals surface area contributed by atoms with Gasteiger partial charge in [0.25, 0.3) is 0 Å². The number of alkyl halides is 1. The Kier molecular flexibility index (Phi) is 13.8. The van der Waals surface area contributed by atoms with E-state index in [4.69, 9.17) is 29.3 Å². The van der Waals surface area contributed by atoms with Crippen molar-refractivity contribution in [3.63, 3.8) is 0 Å². The molecule has 282 valence electrons. The fraction of sp³-hybridized carbons (Fsp3) is 0.538. The van der Waals surface area contributed by atoms with Crippen molar-refractivity contribution in [2.75, 3.05) is 38.2 Å². The summed E-state index contributed by atoms with van der Waals surface area (Å²) in [6.45, 7) is 18.0. The summed E-state index contributed by atoms with van der Waals surface area (Å²) in [6, 6.07) is 16.3. The van der Waals surface area contributed by atoms with Gasteiger partial charge in [0.05, 0.1) is 28.7 Å². The molecule has 13 heteroatoms. The van der Waals surface area contributed by atoms with Gasteiger partial charge in [-0.2, -0.15) is 9.61 Å². The Balaban J connectivity index is 1.53. The number of halogens is 2. The monoisotopic (exact) mass is 811 g/mol. The Morgan fingerprint density at radius 3 is 2.12 bits per heavy atom. The first-order valence-electron chi connectivity index (χ1n) is 18.6. The Labute approximate surface area is 318 Å². The lowest BCUT2D eigenvalue weighted by molar-refractivity contribution is -0.151. The first kappa shape index (κ1) is 40.2. The van der Waals surface area contributed by atoms with E-state index in [9.17, 15) is 4.79 Å². The van der Waals surface area contributed by atoms with Gasteiger partial charge in [-0.1, -0.05) is 75.7 Å². The van der Waals surface area contributed by atoms with Crippen LogP contribution in [0.2, 0.25) is 51.4 Å². The quantitative estimate of drug-likeness (QED) is 0.0451. The van der Waals surface area contributed by atoms with E-state index in [-0.39, 0.29) is 18.4 Å². The van der Waals surface area contributed by atoms with Crippen LogP contribution in [-0.4, -0.2) is 81.2 Å². The summed E-state index contributed by atoms with van der Waals surface area (Å²) in [5.41, 5.74) is 5.30. The van der Waals surface area contributed by atoms with Crippen molar-refractivity contribution in [1.82, 2.24) is 19.6 Å². The SMILES string of the molecule is CCOC(=O)C(F)C1CCC(c2nc3c(-c4ccc(-c5ccccc5)nc4)cnn3c(N(COCC[Si](C)(C)C)COCC[Si](C)(C)C)c2Br)CC1. The van der Waals surface area contributed by atoms with Crippen molar-refractivity contribution < 1.29 is 23.4 Å². The van der Waals surface area contributed by atoms with E-state index in [0.29, 0.717) is 58.0 Å². The van der Waals surface area contributed by atoms with Crippen molar-refractivity contribution in [3.8, 4) is 22.4 Å². The molecule has 52 heavy (non-hydrogen) atoms. The predicted molar refractivity (Wildman–Crippen MR) is 216 cm³/mol. The Hall–Kier alpha value is -2.98. The number of carbonyl (C=O) groups is 1. The van der Waals surface area contributed by atoms with Crippen LogP contribution in [0.1, 0.15) is 44.2 Å². The number of esters is 1. The second kappa shape index (κ2) is 17.9. The molecule has 3 heterocycles. The summed E-state index contributed by atoms with van der Waals surface area (Å²) >= 11 is 3.99. The van der Waals surface area contributed by atoms with Gasteiger partial charge in [0.15, 0.2) is 17.6 Å². The third-order valence-electron chi connectivity index (χ3n) is 9.61. The van der Waals surface area contributed by atoms with E-state index >= 15 is 4.39 Å². The van der Waals surface area contributed by atoms with Gasteiger partial charge < -0.3 is 19.1 Å². The molecule has 1 atom stereocenters.